The maximum Gasteiger partial charge on any atom is 0.0724 e. The van der Waals surface area contributed by atoms with E-state index >= 15 is 0 Å². The van der Waals surface area contributed by atoms with E-state index in [-0.39, 0.29) is 6.10 Å². The maximum atomic E-state index is 9.45. The van der Waals surface area contributed by atoms with Gasteiger partial charge in [-0.15, -0.1) is 0 Å². The van der Waals surface area contributed by atoms with Crippen LogP contribution in [0.4, 0.5) is 0 Å². The Hall–Kier alpha value is -0.340. The van der Waals surface area contributed by atoms with Crippen molar-refractivity contribution >= 4 is 0 Å². The van der Waals surface area contributed by atoms with E-state index in [9.17, 15) is 5.11 Å². The number of ether oxygens (including phenoxy) is 1. The van der Waals surface area contributed by atoms with Crippen LogP contribution < -0.4 is 0 Å². The third-order valence-electron chi connectivity index (χ3n) is 2.69. The van der Waals surface area contributed by atoms with Crippen LogP contribution >= 0.6 is 0 Å². The zero-order chi connectivity index (χ0) is 9.84. The molecule has 1 N–H and O–H groups in total. The Bertz CT molecular complexity index is 185. The summed E-state index contributed by atoms with van der Waals surface area (Å²) in [5.74, 6) is 0.463. The molecule has 2 heteroatoms. The van der Waals surface area contributed by atoms with Gasteiger partial charge in [0, 0.05) is 6.61 Å². The summed E-state index contributed by atoms with van der Waals surface area (Å²) >= 11 is 0. The lowest BCUT2D eigenvalue weighted by atomic mass is 9.85. The lowest BCUT2D eigenvalue weighted by Crippen LogP contribution is -2.25. The molecule has 0 aliphatic heterocycles. The van der Waals surface area contributed by atoms with Gasteiger partial charge in [-0.25, -0.2) is 0 Å². The second-order valence-electron chi connectivity index (χ2n) is 3.83. The van der Waals surface area contributed by atoms with Crippen LogP contribution in [0.2, 0.25) is 0 Å². The van der Waals surface area contributed by atoms with Crippen molar-refractivity contribution in [1.29, 1.82) is 0 Å². The average Bonchev–Trinajstić information content (AvgIpc) is 2.04. The van der Waals surface area contributed by atoms with Gasteiger partial charge < -0.3 is 9.84 Å². The fourth-order valence-electron chi connectivity index (χ4n) is 2.05. The molecule has 0 aromatic heterocycles. The van der Waals surface area contributed by atoms with E-state index in [0.29, 0.717) is 12.0 Å². The first-order valence-corrected chi connectivity index (χ1v) is 5.14. The van der Waals surface area contributed by atoms with Gasteiger partial charge in [-0.2, -0.15) is 0 Å². The van der Waals surface area contributed by atoms with Gasteiger partial charge in [-0.05, 0) is 38.2 Å². The van der Waals surface area contributed by atoms with Crippen molar-refractivity contribution in [3.63, 3.8) is 0 Å². The summed E-state index contributed by atoms with van der Waals surface area (Å²) in [6, 6.07) is 0. The van der Waals surface area contributed by atoms with E-state index in [1.54, 1.807) is 0 Å². The third kappa shape index (κ3) is 2.82. The normalized spacial score (nSPS) is 31.2. The van der Waals surface area contributed by atoms with E-state index in [4.69, 9.17) is 4.74 Å². The van der Waals surface area contributed by atoms with Gasteiger partial charge in [0.25, 0.3) is 0 Å². The molecule has 13 heavy (non-hydrogen) atoms. The molecule has 0 spiro atoms. The van der Waals surface area contributed by atoms with Gasteiger partial charge in [0.05, 0.1) is 12.2 Å². The minimum atomic E-state index is -0.294. The third-order valence-corrected chi connectivity index (χ3v) is 2.69. The van der Waals surface area contributed by atoms with Crippen LogP contribution in [0.25, 0.3) is 0 Å². The number of hydrogen-bond donors (Lipinski definition) is 1. The van der Waals surface area contributed by atoms with Crippen LogP contribution in [0.3, 0.4) is 0 Å². The Morgan fingerprint density at radius 2 is 2.38 bits per heavy atom. The molecule has 0 saturated carbocycles. The number of aliphatic hydroxyl groups is 1. The van der Waals surface area contributed by atoms with Crippen molar-refractivity contribution in [3.8, 4) is 0 Å². The highest BCUT2D eigenvalue weighted by Gasteiger charge is 2.23. The highest BCUT2D eigenvalue weighted by molar-refractivity contribution is 5.14. The topological polar surface area (TPSA) is 29.5 Å². The van der Waals surface area contributed by atoms with E-state index in [1.165, 1.54) is 5.57 Å². The highest BCUT2D eigenvalue weighted by Crippen LogP contribution is 2.28. The summed E-state index contributed by atoms with van der Waals surface area (Å²) in [6.45, 7) is 6.81. The number of aliphatic hydroxyl groups excluding tert-OH is 1. The van der Waals surface area contributed by atoms with Gasteiger partial charge in [0.2, 0.25) is 0 Å². The van der Waals surface area contributed by atoms with Gasteiger partial charge >= 0.3 is 0 Å². The highest BCUT2D eigenvalue weighted by atomic mass is 16.5. The molecule has 1 aliphatic rings. The summed E-state index contributed by atoms with van der Waals surface area (Å²) < 4.78 is 5.56. The molecule has 76 valence electrons. The fraction of sp³-hybridized carbons (Fsp3) is 0.818. The second kappa shape index (κ2) is 4.77. The summed E-state index contributed by atoms with van der Waals surface area (Å²) in [5, 5.41) is 9.45. The molecular formula is C11H20O2. The molecule has 0 aromatic carbocycles. The predicted molar refractivity (Wildman–Crippen MR) is 53.6 cm³/mol. The van der Waals surface area contributed by atoms with Crippen molar-refractivity contribution in [1.82, 2.24) is 0 Å². The van der Waals surface area contributed by atoms with Gasteiger partial charge in [-0.1, -0.05) is 13.0 Å². The molecule has 0 amide bonds. The lowest BCUT2D eigenvalue weighted by molar-refractivity contribution is 0.0436. The van der Waals surface area contributed by atoms with E-state index < -0.39 is 0 Å². The summed E-state index contributed by atoms with van der Waals surface area (Å²) in [4.78, 5) is 0. The van der Waals surface area contributed by atoms with Crippen molar-refractivity contribution in [2.24, 2.45) is 5.92 Å². The van der Waals surface area contributed by atoms with Crippen molar-refractivity contribution in [2.45, 2.75) is 45.8 Å². The zero-order valence-corrected chi connectivity index (χ0v) is 8.79. The van der Waals surface area contributed by atoms with Gasteiger partial charge in [0.1, 0.15) is 0 Å². The van der Waals surface area contributed by atoms with Crippen molar-refractivity contribution < 1.29 is 9.84 Å². The largest absolute Gasteiger partial charge is 0.389 e. The molecule has 0 radical (unpaired) electrons. The Kier molecular flexibility index (Phi) is 3.94. The summed E-state index contributed by atoms with van der Waals surface area (Å²) in [7, 11) is 0. The van der Waals surface area contributed by atoms with Crippen LogP contribution in [0.5, 0.6) is 0 Å². The molecule has 0 heterocycles. The smallest absolute Gasteiger partial charge is 0.0724 e. The van der Waals surface area contributed by atoms with Gasteiger partial charge in [0.15, 0.2) is 0 Å². The van der Waals surface area contributed by atoms with E-state index in [2.05, 4.69) is 13.0 Å². The first-order valence-electron chi connectivity index (χ1n) is 5.14. The first-order chi connectivity index (χ1) is 6.15. The van der Waals surface area contributed by atoms with E-state index in [0.717, 1.165) is 19.4 Å². The fourth-order valence-corrected chi connectivity index (χ4v) is 2.05. The molecule has 0 aromatic rings. The van der Waals surface area contributed by atoms with Gasteiger partial charge in [-0.3, -0.25) is 0 Å². The quantitative estimate of drug-likeness (QED) is 0.681. The van der Waals surface area contributed by atoms with Crippen LogP contribution in [0.15, 0.2) is 11.6 Å². The summed E-state index contributed by atoms with van der Waals surface area (Å²) in [6.07, 6.45) is 4.21. The molecule has 3 atom stereocenters. The minimum absolute atomic E-state index is 0.294. The Morgan fingerprint density at radius 3 is 2.85 bits per heavy atom. The van der Waals surface area contributed by atoms with Crippen molar-refractivity contribution in [3.05, 3.63) is 11.6 Å². The molecular weight excluding hydrogens is 164 g/mol. The van der Waals surface area contributed by atoms with Crippen LogP contribution in [0.1, 0.15) is 33.6 Å². The second-order valence-corrected chi connectivity index (χ2v) is 3.83. The molecule has 2 nitrogen and oxygen atoms in total. The SMILES string of the molecule is CCOC1CC=C(C(C)O)C(C)C1. The van der Waals surface area contributed by atoms with Crippen LogP contribution in [0, 0.1) is 5.92 Å². The Labute approximate surface area is 80.6 Å². The monoisotopic (exact) mass is 184 g/mol. The Balaban J connectivity index is 2.53. The zero-order valence-electron chi connectivity index (χ0n) is 8.79. The van der Waals surface area contributed by atoms with Crippen molar-refractivity contribution in [2.75, 3.05) is 6.61 Å². The molecule has 1 aliphatic carbocycles. The lowest BCUT2D eigenvalue weighted by Gasteiger charge is -2.28. The predicted octanol–water partition coefficient (Wildman–Crippen LogP) is 2.13. The molecule has 0 saturated heterocycles. The maximum absolute atomic E-state index is 9.45. The molecule has 0 bridgehead atoms. The van der Waals surface area contributed by atoms with E-state index in [1.807, 2.05) is 13.8 Å². The molecule has 3 unspecified atom stereocenters. The Morgan fingerprint density at radius 1 is 1.69 bits per heavy atom. The van der Waals surface area contributed by atoms with Crippen LogP contribution in [-0.2, 0) is 4.74 Å². The molecule has 1 rings (SSSR count). The minimum Gasteiger partial charge on any atom is -0.389 e. The number of hydrogen-bond acceptors (Lipinski definition) is 2. The van der Waals surface area contributed by atoms with Crippen LogP contribution in [-0.4, -0.2) is 23.9 Å². The first kappa shape index (κ1) is 10.7. The standard InChI is InChI=1S/C11H20O2/c1-4-13-10-5-6-11(9(3)12)8(2)7-10/h6,8-10,12H,4-5,7H2,1-3H3. The average molecular weight is 184 g/mol. The molecule has 0 fully saturated rings. The number of rotatable bonds is 3. The summed E-state index contributed by atoms with van der Waals surface area (Å²) in [5.41, 5.74) is 1.18.